The number of hydrogen-bond donors (Lipinski definition) is 2. The van der Waals surface area contributed by atoms with Crippen LogP contribution in [0.3, 0.4) is 0 Å². The van der Waals surface area contributed by atoms with Gasteiger partial charge in [-0.2, -0.15) is 0 Å². The number of halogens is 4. The van der Waals surface area contributed by atoms with Crippen LogP contribution in [-0.2, 0) is 11.3 Å². The van der Waals surface area contributed by atoms with Crippen molar-refractivity contribution in [2.24, 2.45) is 11.1 Å². The predicted molar refractivity (Wildman–Crippen MR) is 138 cm³/mol. The zero-order valence-corrected chi connectivity index (χ0v) is 21.4. The maximum Gasteiger partial charge on any atom is 0.309 e. The second-order valence-corrected chi connectivity index (χ2v) is 9.71. The summed E-state index contributed by atoms with van der Waals surface area (Å²) in [6.45, 7) is 1.15. The van der Waals surface area contributed by atoms with E-state index in [0.29, 0.717) is 53.7 Å². The smallest absolute Gasteiger partial charge is 0.309 e. The van der Waals surface area contributed by atoms with Crippen LogP contribution in [0, 0.1) is 34.7 Å². The number of benzene rings is 2. The maximum absolute atomic E-state index is 15.8. The number of nitrogens with zero attached hydrogens (tertiary/aromatic N) is 2. The predicted octanol–water partition coefficient (Wildman–Crippen LogP) is 5.13. The molecular weight excluding hydrogens is 514 g/mol. The van der Waals surface area contributed by atoms with E-state index in [1.54, 1.807) is 24.4 Å². The molecule has 4 rings (SSSR count). The van der Waals surface area contributed by atoms with Crippen LogP contribution in [0.5, 0.6) is 5.75 Å². The molecule has 1 atom stereocenters. The number of ether oxygens (including phenoxy) is 1. The molecule has 10 heteroatoms. The van der Waals surface area contributed by atoms with Gasteiger partial charge >= 0.3 is 5.97 Å². The highest BCUT2D eigenvalue weighted by Gasteiger charge is 2.41. The van der Waals surface area contributed by atoms with Crippen LogP contribution in [0.4, 0.5) is 17.6 Å². The third-order valence-electron chi connectivity index (χ3n) is 7.39. The van der Waals surface area contributed by atoms with Crippen LogP contribution in [0.25, 0.3) is 10.9 Å². The average Bonchev–Trinajstić information content (AvgIpc) is 2.94. The van der Waals surface area contributed by atoms with Gasteiger partial charge in [-0.1, -0.05) is 11.8 Å². The molecule has 2 aromatic carbocycles. The van der Waals surface area contributed by atoms with Gasteiger partial charge in [0, 0.05) is 42.3 Å². The number of aromatic nitrogens is 1. The topological polar surface area (TPSA) is 88.7 Å². The van der Waals surface area contributed by atoms with E-state index in [2.05, 4.69) is 16.8 Å². The molecule has 0 amide bonds. The van der Waals surface area contributed by atoms with Gasteiger partial charge in [-0.25, -0.2) is 17.6 Å². The largest absolute Gasteiger partial charge is 0.497 e. The minimum absolute atomic E-state index is 0.00285. The van der Waals surface area contributed by atoms with Gasteiger partial charge in [0.25, 0.3) is 0 Å². The number of nitrogens with two attached hydrogens (primary N) is 1. The number of pyridine rings is 1. The lowest BCUT2D eigenvalue weighted by Gasteiger charge is -2.38. The van der Waals surface area contributed by atoms with Crippen molar-refractivity contribution < 1.29 is 32.2 Å². The van der Waals surface area contributed by atoms with Gasteiger partial charge in [0.05, 0.1) is 24.6 Å². The number of fused-ring (bicyclic) bond motifs is 1. The molecule has 0 spiro atoms. The number of hydrogen-bond acceptors (Lipinski definition) is 5. The second kappa shape index (κ2) is 12.0. The van der Waals surface area contributed by atoms with E-state index < -0.39 is 35.0 Å². The van der Waals surface area contributed by atoms with Gasteiger partial charge in [0.15, 0.2) is 17.5 Å². The van der Waals surface area contributed by atoms with Crippen molar-refractivity contribution in [3.05, 3.63) is 70.7 Å². The Kier molecular flexibility index (Phi) is 8.73. The highest BCUT2D eigenvalue weighted by atomic mass is 19.2. The van der Waals surface area contributed by atoms with Crippen LogP contribution in [0.2, 0.25) is 0 Å². The summed E-state index contributed by atoms with van der Waals surface area (Å²) in [5.41, 5.74) is 6.35. The van der Waals surface area contributed by atoms with Gasteiger partial charge in [-0.3, -0.25) is 14.7 Å². The van der Waals surface area contributed by atoms with E-state index in [0.717, 1.165) is 12.1 Å². The Balaban J connectivity index is 1.43. The van der Waals surface area contributed by atoms with Crippen LogP contribution in [-0.4, -0.2) is 47.7 Å². The van der Waals surface area contributed by atoms with Crippen molar-refractivity contribution in [3.63, 3.8) is 0 Å². The summed E-state index contributed by atoms with van der Waals surface area (Å²) in [7, 11) is 1.52. The first kappa shape index (κ1) is 28.3. The Morgan fingerprint density at radius 3 is 2.51 bits per heavy atom. The minimum Gasteiger partial charge on any atom is -0.497 e. The van der Waals surface area contributed by atoms with E-state index >= 15 is 4.39 Å². The SMILES string of the molecule is COc1ccc2ncc(CN)c([C@H](F)CCC3(C(=O)O)CCN(CC#Cc4cc(F)c(F)c(F)c4)CC3)c2c1. The lowest BCUT2D eigenvalue weighted by atomic mass is 9.74. The van der Waals surface area contributed by atoms with E-state index in [1.807, 2.05) is 4.90 Å². The molecule has 1 fully saturated rings. The Hall–Kier alpha value is -3.68. The van der Waals surface area contributed by atoms with Gasteiger partial charge in [0.2, 0.25) is 0 Å². The van der Waals surface area contributed by atoms with E-state index in [4.69, 9.17) is 10.5 Å². The van der Waals surface area contributed by atoms with Crippen molar-refractivity contribution in [2.45, 2.75) is 38.4 Å². The fourth-order valence-corrected chi connectivity index (χ4v) is 5.03. The van der Waals surface area contributed by atoms with Crippen molar-refractivity contribution >= 4 is 16.9 Å². The third kappa shape index (κ3) is 6.15. The van der Waals surface area contributed by atoms with Gasteiger partial charge in [-0.15, -0.1) is 0 Å². The summed E-state index contributed by atoms with van der Waals surface area (Å²) in [6.07, 6.45) is 0.832. The number of carbonyl (C=O) groups is 1. The monoisotopic (exact) mass is 543 g/mol. The number of likely N-dealkylation sites (tertiary alicyclic amines) is 1. The first-order valence-electron chi connectivity index (χ1n) is 12.6. The molecule has 206 valence electrons. The van der Waals surface area contributed by atoms with Crippen molar-refractivity contribution in [1.29, 1.82) is 0 Å². The van der Waals surface area contributed by atoms with Crippen molar-refractivity contribution in [3.8, 4) is 17.6 Å². The second-order valence-electron chi connectivity index (χ2n) is 9.71. The van der Waals surface area contributed by atoms with E-state index in [1.165, 1.54) is 7.11 Å². The van der Waals surface area contributed by atoms with Crippen molar-refractivity contribution in [2.75, 3.05) is 26.7 Å². The number of rotatable bonds is 8. The summed E-state index contributed by atoms with van der Waals surface area (Å²) < 4.78 is 61.0. The lowest BCUT2D eigenvalue weighted by Crippen LogP contribution is -2.44. The van der Waals surface area contributed by atoms with Gasteiger partial charge in [-0.05, 0) is 61.6 Å². The Morgan fingerprint density at radius 2 is 1.90 bits per heavy atom. The normalized spacial score (nSPS) is 15.9. The number of carboxylic acids is 1. The molecule has 2 heterocycles. The van der Waals surface area contributed by atoms with Crippen molar-refractivity contribution in [1.82, 2.24) is 9.88 Å². The number of carboxylic acid groups (broad SMARTS) is 1. The van der Waals surface area contributed by atoms with Gasteiger partial charge < -0.3 is 15.6 Å². The minimum atomic E-state index is -1.55. The molecule has 0 saturated carbocycles. The number of alkyl halides is 1. The molecule has 0 aliphatic carbocycles. The third-order valence-corrected chi connectivity index (χ3v) is 7.39. The molecule has 0 bridgehead atoms. The first-order valence-corrected chi connectivity index (χ1v) is 12.6. The summed E-state index contributed by atoms with van der Waals surface area (Å²) in [5, 5.41) is 10.7. The van der Waals surface area contributed by atoms with Gasteiger partial charge in [0.1, 0.15) is 11.9 Å². The fourth-order valence-electron chi connectivity index (χ4n) is 5.03. The number of aliphatic carboxylic acids is 1. The molecular formula is C29H29F4N3O3. The zero-order valence-electron chi connectivity index (χ0n) is 21.4. The Morgan fingerprint density at radius 1 is 1.21 bits per heavy atom. The molecule has 1 aliphatic heterocycles. The average molecular weight is 544 g/mol. The molecule has 1 aliphatic rings. The molecule has 0 radical (unpaired) electrons. The number of piperidine rings is 1. The molecule has 3 N–H and O–H groups in total. The van der Waals surface area contributed by atoms with Crippen LogP contribution in [0.15, 0.2) is 36.5 Å². The Labute approximate surface area is 223 Å². The number of methoxy groups -OCH3 is 1. The quantitative estimate of drug-likeness (QED) is 0.233. The molecule has 1 aromatic heterocycles. The fraction of sp³-hybridized carbons (Fsp3) is 0.379. The van der Waals surface area contributed by atoms with Crippen LogP contribution in [0.1, 0.15) is 48.5 Å². The molecule has 1 saturated heterocycles. The molecule has 39 heavy (non-hydrogen) atoms. The highest BCUT2D eigenvalue weighted by Crippen LogP contribution is 2.41. The molecule has 3 aromatic rings. The van der Waals surface area contributed by atoms with E-state index in [9.17, 15) is 23.1 Å². The van der Waals surface area contributed by atoms with E-state index in [-0.39, 0.29) is 31.5 Å². The lowest BCUT2D eigenvalue weighted by molar-refractivity contribution is -0.152. The summed E-state index contributed by atoms with van der Waals surface area (Å²) in [5.74, 6) is 0.812. The summed E-state index contributed by atoms with van der Waals surface area (Å²) in [6, 6.07) is 6.84. The molecule has 6 nitrogen and oxygen atoms in total. The molecule has 0 unspecified atom stereocenters. The maximum atomic E-state index is 15.8. The highest BCUT2D eigenvalue weighted by molar-refractivity contribution is 5.85. The standard InChI is InChI=1S/C29H29F4N3O3/c1-39-20-4-5-25-21(15-20)26(19(16-34)17-35-25)22(30)6-7-29(28(37)38)8-11-36(12-9-29)10-2-3-18-13-23(31)27(33)24(32)14-18/h4-5,13-15,17,22H,6-12,16,34H2,1H3,(H,37,38)/t22-/m1/s1. The first-order chi connectivity index (χ1) is 18.7. The summed E-state index contributed by atoms with van der Waals surface area (Å²) >= 11 is 0. The van der Waals surface area contributed by atoms with Crippen LogP contribution >= 0.6 is 0 Å². The summed E-state index contributed by atoms with van der Waals surface area (Å²) in [4.78, 5) is 18.6. The Bertz CT molecular complexity index is 1400. The van der Waals surface area contributed by atoms with Crippen LogP contribution < -0.4 is 10.5 Å². The zero-order chi connectivity index (χ0) is 28.2.